The minimum absolute atomic E-state index is 0.247. The Morgan fingerprint density at radius 1 is 1.04 bits per heavy atom. The molecule has 0 saturated heterocycles. The minimum atomic E-state index is 0.247. The van der Waals surface area contributed by atoms with Gasteiger partial charge in [0.15, 0.2) is 11.5 Å². The van der Waals surface area contributed by atoms with Crippen LogP contribution in [0.4, 0.5) is 0 Å². The first kappa shape index (κ1) is 15.5. The molecule has 0 radical (unpaired) electrons. The molecule has 0 unspecified atom stereocenters. The summed E-state index contributed by atoms with van der Waals surface area (Å²) in [6.45, 7) is 2.60. The Kier molecular flexibility index (Phi) is 4.36. The van der Waals surface area contributed by atoms with Gasteiger partial charge in [-0.1, -0.05) is 6.07 Å². The Morgan fingerprint density at radius 2 is 1.92 bits per heavy atom. The van der Waals surface area contributed by atoms with Crippen LogP contribution < -0.4 is 9.47 Å². The van der Waals surface area contributed by atoms with Crippen molar-refractivity contribution < 1.29 is 9.47 Å². The van der Waals surface area contributed by atoms with Crippen LogP contribution in [-0.4, -0.2) is 11.0 Å². The molecule has 0 aliphatic heterocycles. The van der Waals surface area contributed by atoms with Gasteiger partial charge in [0.1, 0.15) is 12.7 Å². The predicted molar refractivity (Wildman–Crippen MR) is 88.8 cm³/mol. The van der Waals surface area contributed by atoms with Crippen molar-refractivity contribution >= 4 is 5.52 Å². The third-order valence-corrected chi connectivity index (χ3v) is 3.63. The molecule has 0 aliphatic rings. The van der Waals surface area contributed by atoms with Gasteiger partial charge in [0.25, 0.3) is 0 Å². The number of pyridine rings is 1. The molecule has 3 rings (SSSR count). The van der Waals surface area contributed by atoms with Crippen LogP contribution in [0.1, 0.15) is 23.6 Å². The van der Waals surface area contributed by atoms with Crippen molar-refractivity contribution in [1.82, 2.24) is 4.40 Å². The summed E-state index contributed by atoms with van der Waals surface area (Å²) in [5, 5.41) is 18.4. The summed E-state index contributed by atoms with van der Waals surface area (Å²) in [5.74, 6) is 1.08. The van der Waals surface area contributed by atoms with Gasteiger partial charge in [0.2, 0.25) is 0 Å². The molecule has 0 spiro atoms. The van der Waals surface area contributed by atoms with Crippen LogP contribution in [0.5, 0.6) is 11.5 Å². The summed E-state index contributed by atoms with van der Waals surface area (Å²) in [5.41, 5.74) is 2.76. The SMILES string of the molecule is CCOc1cc(C#N)ccc1OCc1cn2ccccc2c1C#N. The molecule has 0 aliphatic carbocycles. The van der Waals surface area contributed by atoms with Gasteiger partial charge < -0.3 is 13.9 Å². The van der Waals surface area contributed by atoms with E-state index in [0.717, 1.165) is 11.1 Å². The third-order valence-electron chi connectivity index (χ3n) is 3.63. The van der Waals surface area contributed by atoms with E-state index >= 15 is 0 Å². The monoisotopic (exact) mass is 317 g/mol. The normalized spacial score (nSPS) is 10.1. The van der Waals surface area contributed by atoms with Crippen molar-refractivity contribution in [2.75, 3.05) is 6.61 Å². The lowest BCUT2D eigenvalue weighted by Crippen LogP contribution is -2.00. The Balaban J connectivity index is 1.89. The van der Waals surface area contributed by atoms with E-state index in [4.69, 9.17) is 14.7 Å². The first-order valence-electron chi connectivity index (χ1n) is 7.55. The predicted octanol–water partition coefficient (Wildman–Crippen LogP) is 3.66. The van der Waals surface area contributed by atoms with Gasteiger partial charge >= 0.3 is 0 Å². The molecule has 0 bridgehead atoms. The highest BCUT2D eigenvalue weighted by Gasteiger charge is 2.12. The fourth-order valence-corrected chi connectivity index (χ4v) is 2.54. The average Bonchev–Trinajstić information content (AvgIpc) is 2.98. The number of fused-ring (bicyclic) bond motifs is 1. The van der Waals surface area contributed by atoms with Crippen LogP contribution in [0.25, 0.3) is 5.52 Å². The zero-order valence-corrected chi connectivity index (χ0v) is 13.2. The maximum absolute atomic E-state index is 9.43. The topological polar surface area (TPSA) is 70.4 Å². The summed E-state index contributed by atoms with van der Waals surface area (Å²) >= 11 is 0. The Morgan fingerprint density at radius 3 is 2.67 bits per heavy atom. The van der Waals surface area contributed by atoms with Gasteiger partial charge in [0.05, 0.1) is 29.3 Å². The van der Waals surface area contributed by atoms with E-state index in [1.807, 2.05) is 41.9 Å². The summed E-state index contributed by atoms with van der Waals surface area (Å²) in [6.07, 6.45) is 3.78. The van der Waals surface area contributed by atoms with Gasteiger partial charge in [0, 0.05) is 24.0 Å². The number of nitrogens with zero attached hydrogens (tertiary/aromatic N) is 3. The maximum Gasteiger partial charge on any atom is 0.162 e. The number of hydrogen-bond donors (Lipinski definition) is 0. The molecule has 5 nitrogen and oxygen atoms in total. The zero-order chi connectivity index (χ0) is 16.9. The van der Waals surface area contributed by atoms with E-state index in [9.17, 15) is 5.26 Å². The lowest BCUT2D eigenvalue weighted by Gasteiger charge is -2.11. The van der Waals surface area contributed by atoms with Crippen molar-refractivity contribution in [3.63, 3.8) is 0 Å². The van der Waals surface area contributed by atoms with Crippen molar-refractivity contribution in [3.8, 4) is 23.6 Å². The molecule has 2 heterocycles. The molecule has 0 saturated carbocycles. The fraction of sp³-hybridized carbons (Fsp3) is 0.158. The lowest BCUT2D eigenvalue weighted by molar-refractivity contribution is 0.269. The molecule has 1 aromatic carbocycles. The summed E-state index contributed by atoms with van der Waals surface area (Å²) in [6, 6.07) is 15.1. The average molecular weight is 317 g/mol. The van der Waals surface area contributed by atoms with Crippen LogP contribution in [0.3, 0.4) is 0 Å². The standard InChI is InChI=1S/C19H15N3O2/c1-2-23-19-9-14(10-20)6-7-18(19)24-13-15-12-22-8-4-3-5-17(22)16(15)11-21/h3-9,12H,2,13H2,1H3. The quantitative estimate of drug-likeness (QED) is 0.720. The van der Waals surface area contributed by atoms with Crippen LogP contribution in [0.2, 0.25) is 0 Å². The van der Waals surface area contributed by atoms with Gasteiger partial charge in [-0.05, 0) is 31.2 Å². The highest BCUT2D eigenvalue weighted by atomic mass is 16.5. The number of hydrogen-bond acceptors (Lipinski definition) is 4. The second kappa shape index (κ2) is 6.76. The highest BCUT2D eigenvalue weighted by Crippen LogP contribution is 2.30. The van der Waals surface area contributed by atoms with E-state index in [0.29, 0.717) is 29.2 Å². The molecule has 2 aromatic heterocycles. The highest BCUT2D eigenvalue weighted by molar-refractivity contribution is 5.65. The summed E-state index contributed by atoms with van der Waals surface area (Å²) in [7, 11) is 0. The fourth-order valence-electron chi connectivity index (χ4n) is 2.54. The van der Waals surface area contributed by atoms with E-state index in [-0.39, 0.29) is 6.61 Å². The first-order chi connectivity index (χ1) is 11.8. The molecule has 0 N–H and O–H groups in total. The second-order valence-electron chi connectivity index (χ2n) is 5.13. The van der Waals surface area contributed by atoms with Crippen LogP contribution in [0.15, 0.2) is 48.8 Å². The Bertz CT molecular complexity index is 961. The zero-order valence-electron chi connectivity index (χ0n) is 13.2. The van der Waals surface area contributed by atoms with Crippen molar-refractivity contribution in [3.05, 3.63) is 65.5 Å². The van der Waals surface area contributed by atoms with E-state index in [1.165, 1.54) is 0 Å². The molecule has 0 atom stereocenters. The lowest BCUT2D eigenvalue weighted by atomic mass is 10.2. The Hall–Kier alpha value is -3.44. The number of nitriles is 2. The third kappa shape index (κ3) is 2.88. The molecule has 0 fully saturated rings. The maximum atomic E-state index is 9.43. The van der Waals surface area contributed by atoms with Crippen LogP contribution >= 0.6 is 0 Å². The van der Waals surface area contributed by atoms with E-state index < -0.39 is 0 Å². The van der Waals surface area contributed by atoms with Gasteiger partial charge in [-0.3, -0.25) is 0 Å². The van der Waals surface area contributed by atoms with Crippen molar-refractivity contribution in [1.29, 1.82) is 10.5 Å². The Labute approximate surface area is 139 Å². The molecule has 24 heavy (non-hydrogen) atoms. The molecule has 118 valence electrons. The van der Waals surface area contributed by atoms with Gasteiger partial charge in [-0.15, -0.1) is 0 Å². The van der Waals surface area contributed by atoms with Crippen LogP contribution in [0, 0.1) is 22.7 Å². The summed E-state index contributed by atoms with van der Waals surface area (Å²) < 4.78 is 13.3. The molecule has 3 aromatic rings. The number of rotatable bonds is 5. The van der Waals surface area contributed by atoms with Gasteiger partial charge in [-0.25, -0.2) is 0 Å². The first-order valence-corrected chi connectivity index (χ1v) is 7.55. The van der Waals surface area contributed by atoms with Crippen LogP contribution in [-0.2, 0) is 6.61 Å². The molecular weight excluding hydrogens is 302 g/mol. The minimum Gasteiger partial charge on any atom is -0.490 e. The van der Waals surface area contributed by atoms with E-state index in [2.05, 4.69) is 12.1 Å². The van der Waals surface area contributed by atoms with E-state index in [1.54, 1.807) is 18.2 Å². The largest absolute Gasteiger partial charge is 0.490 e. The van der Waals surface area contributed by atoms with Crippen molar-refractivity contribution in [2.45, 2.75) is 13.5 Å². The number of ether oxygens (including phenoxy) is 2. The number of benzene rings is 1. The molecule has 5 heteroatoms. The molecular formula is C19H15N3O2. The smallest absolute Gasteiger partial charge is 0.162 e. The number of aromatic nitrogens is 1. The van der Waals surface area contributed by atoms with Crippen molar-refractivity contribution in [2.24, 2.45) is 0 Å². The van der Waals surface area contributed by atoms with Gasteiger partial charge in [-0.2, -0.15) is 10.5 Å². The second-order valence-corrected chi connectivity index (χ2v) is 5.13. The summed E-state index contributed by atoms with van der Waals surface area (Å²) in [4.78, 5) is 0. The molecule has 0 amide bonds.